The van der Waals surface area contributed by atoms with Gasteiger partial charge < -0.3 is 14.6 Å². The number of nitrogens with zero attached hydrogens (tertiary/aromatic N) is 1. The van der Waals surface area contributed by atoms with Crippen LogP contribution in [0.4, 0.5) is 13.2 Å². The van der Waals surface area contributed by atoms with E-state index in [-0.39, 0.29) is 6.54 Å². The topological polar surface area (TPSA) is 60.3 Å². The smallest absolute Gasteiger partial charge is 0.417 e. The number of aromatic nitrogens is 1. The lowest BCUT2D eigenvalue weighted by molar-refractivity contribution is -0.138. The number of carbonyl (C=O) groups is 1. The Morgan fingerprint density at radius 3 is 2.43 bits per heavy atom. The van der Waals surface area contributed by atoms with E-state index in [4.69, 9.17) is 4.74 Å². The molecular weight excluding hydrogens is 397 g/mol. The molecule has 3 aromatic rings. The molecule has 0 fully saturated rings. The minimum absolute atomic E-state index is 0.148. The maximum absolute atomic E-state index is 12.8. The second-order valence-electron chi connectivity index (χ2n) is 6.58. The zero-order valence-electron chi connectivity index (χ0n) is 15.9. The summed E-state index contributed by atoms with van der Waals surface area (Å²) in [5, 5.41) is 2.60. The largest absolute Gasteiger partial charge is 0.489 e. The molecule has 0 aliphatic heterocycles. The van der Waals surface area contributed by atoms with Crippen molar-refractivity contribution in [1.82, 2.24) is 9.88 Å². The molecule has 0 spiro atoms. The van der Waals surface area contributed by atoms with E-state index in [2.05, 4.69) is 5.32 Å². The van der Waals surface area contributed by atoms with Gasteiger partial charge in [-0.15, -0.1) is 0 Å². The lowest BCUT2D eigenvalue weighted by atomic mass is 10.2. The van der Waals surface area contributed by atoms with Gasteiger partial charge in [-0.1, -0.05) is 42.5 Å². The van der Waals surface area contributed by atoms with Crippen LogP contribution in [0.25, 0.3) is 0 Å². The molecule has 1 N–H and O–H groups in total. The molecule has 0 aliphatic carbocycles. The lowest BCUT2D eigenvalue weighted by Gasteiger charge is -2.12. The van der Waals surface area contributed by atoms with Crippen LogP contribution in [-0.4, -0.2) is 10.5 Å². The van der Waals surface area contributed by atoms with Gasteiger partial charge in [0.25, 0.3) is 5.56 Å². The zero-order valence-corrected chi connectivity index (χ0v) is 15.9. The fourth-order valence-electron chi connectivity index (χ4n) is 2.72. The van der Waals surface area contributed by atoms with Crippen molar-refractivity contribution in [2.45, 2.75) is 25.9 Å². The Labute approximate surface area is 170 Å². The van der Waals surface area contributed by atoms with Gasteiger partial charge in [-0.2, -0.15) is 13.2 Å². The van der Waals surface area contributed by atoms with Crippen LogP contribution < -0.4 is 15.6 Å². The molecule has 156 valence electrons. The Kier molecular flexibility index (Phi) is 6.56. The summed E-state index contributed by atoms with van der Waals surface area (Å²) in [4.78, 5) is 23.9. The molecule has 5 nitrogen and oxygen atoms in total. The number of hydrogen-bond donors (Lipinski definition) is 1. The Balaban J connectivity index is 1.57. The number of alkyl halides is 3. The molecule has 0 saturated heterocycles. The average Bonchev–Trinajstić information content (AvgIpc) is 2.73. The van der Waals surface area contributed by atoms with E-state index in [1.54, 1.807) is 24.3 Å². The Morgan fingerprint density at radius 2 is 1.70 bits per heavy atom. The van der Waals surface area contributed by atoms with Gasteiger partial charge in [0, 0.05) is 18.8 Å². The highest BCUT2D eigenvalue weighted by Crippen LogP contribution is 2.28. The standard InChI is InChI=1S/C22H19F3N2O3/c23-22(24,25)18-9-10-21(29)27(13-18)14-20(28)26-12-17-7-4-8-19(11-17)30-15-16-5-2-1-3-6-16/h1-11,13H,12,14-15H2,(H,26,28). The number of nitrogens with one attached hydrogen (secondary N) is 1. The number of ether oxygens (including phenoxy) is 1. The van der Waals surface area contributed by atoms with Crippen molar-refractivity contribution >= 4 is 5.91 Å². The van der Waals surface area contributed by atoms with Crippen molar-refractivity contribution in [2.75, 3.05) is 0 Å². The SMILES string of the molecule is O=C(Cn1cc(C(F)(F)F)ccc1=O)NCc1cccc(OCc2ccccc2)c1. The lowest BCUT2D eigenvalue weighted by Crippen LogP contribution is -2.32. The molecular formula is C22H19F3N2O3. The summed E-state index contributed by atoms with van der Waals surface area (Å²) < 4.78 is 44.8. The average molecular weight is 416 g/mol. The predicted octanol–water partition coefficient (Wildman–Crippen LogP) is 3.76. The number of halogens is 3. The van der Waals surface area contributed by atoms with Crippen molar-refractivity contribution < 1.29 is 22.7 Å². The van der Waals surface area contributed by atoms with Crippen molar-refractivity contribution in [3.63, 3.8) is 0 Å². The Hall–Kier alpha value is -3.55. The second-order valence-corrected chi connectivity index (χ2v) is 6.58. The van der Waals surface area contributed by atoms with Crippen molar-refractivity contribution in [3.05, 3.63) is 100.0 Å². The molecule has 2 aromatic carbocycles. The van der Waals surface area contributed by atoms with Crippen LogP contribution in [-0.2, 0) is 30.7 Å². The maximum Gasteiger partial charge on any atom is 0.417 e. The second kappa shape index (κ2) is 9.30. The number of benzene rings is 2. The first-order valence-electron chi connectivity index (χ1n) is 9.11. The van der Waals surface area contributed by atoms with Crippen LogP contribution in [0.3, 0.4) is 0 Å². The summed E-state index contributed by atoms with van der Waals surface area (Å²) in [5.74, 6) is 0.0479. The molecule has 0 aliphatic rings. The van der Waals surface area contributed by atoms with Crippen LogP contribution in [0.2, 0.25) is 0 Å². The molecule has 3 rings (SSSR count). The Bertz CT molecular complexity index is 1060. The van der Waals surface area contributed by atoms with Gasteiger partial charge in [-0.3, -0.25) is 9.59 Å². The molecule has 1 amide bonds. The van der Waals surface area contributed by atoms with Gasteiger partial charge in [0.2, 0.25) is 5.91 Å². The number of hydrogen-bond acceptors (Lipinski definition) is 3. The van der Waals surface area contributed by atoms with E-state index >= 15 is 0 Å². The fourth-order valence-corrected chi connectivity index (χ4v) is 2.72. The monoisotopic (exact) mass is 416 g/mol. The number of rotatable bonds is 7. The first-order chi connectivity index (χ1) is 14.3. The molecule has 0 saturated carbocycles. The molecule has 8 heteroatoms. The summed E-state index contributed by atoms with van der Waals surface area (Å²) in [6, 6.07) is 18.2. The van der Waals surface area contributed by atoms with Gasteiger partial charge in [-0.25, -0.2) is 0 Å². The highest BCUT2D eigenvalue weighted by atomic mass is 19.4. The number of carbonyl (C=O) groups excluding carboxylic acids is 1. The van der Waals surface area contributed by atoms with Crippen LogP contribution in [0.1, 0.15) is 16.7 Å². The van der Waals surface area contributed by atoms with E-state index < -0.39 is 29.8 Å². The summed E-state index contributed by atoms with van der Waals surface area (Å²) >= 11 is 0. The zero-order chi connectivity index (χ0) is 21.6. The fraction of sp³-hybridized carbons (Fsp3) is 0.182. The summed E-state index contributed by atoms with van der Waals surface area (Å²) in [5.41, 5.74) is 0.0978. The highest BCUT2D eigenvalue weighted by molar-refractivity contribution is 5.75. The van der Waals surface area contributed by atoms with E-state index in [1.807, 2.05) is 30.3 Å². The minimum atomic E-state index is -4.59. The summed E-state index contributed by atoms with van der Waals surface area (Å²) in [6.45, 7) is 0.0388. The van der Waals surface area contributed by atoms with E-state index in [9.17, 15) is 22.8 Å². The third-order valence-corrected chi connectivity index (χ3v) is 4.26. The van der Waals surface area contributed by atoms with Gasteiger partial charge in [-0.05, 0) is 29.3 Å². The summed E-state index contributed by atoms with van der Waals surface area (Å²) in [6.07, 6.45) is -3.95. The predicted molar refractivity (Wildman–Crippen MR) is 105 cm³/mol. The van der Waals surface area contributed by atoms with Crippen molar-refractivity contribution in [1.29, 1.82) is 0 Å². The van der Waals surface area contributed by atoms with Crippen molar-refractivity contribution in [3.8, 4) is 5.75 Å². The van der Waals surface area contributed by atoms with Gasteiger partial charge in [0.05, 0.1) is 5.56 Å². The maximum atomic E-state index is 12.8. The normalized spacial score (nSPS) is 11.2. The molecule has 0 unspecified atom stereocenters. The molecule has 0 bridgehead atoms. The third-order valence-electron chi connectivity index (χ3n) is 4.26. The molecule has 0 radical (unpaired) electrons. The van der Waals surface area contributed by atoms with Gasteiger partial charge in [0.1, 0.15) is 18.9 Å². The highest BCUT2D eigenvalue weighted by Gasteiger charge is 2.31. The molecule has 1 heterocycles. The first-order valence-corrected chi connectivity index (χ1v) is 9.11. The molecule has 30 heavy (non-hydrogen) atoms. The molecule has 1 aromatic heterocycles. The van der Waals surface area contributed by atoms with Crippen LogP contribution in [0.15, 0.2) is 77.7 Å². The van der Waals surface area contributed by atoms with E-state index in [1.165, 1.54) is 0 Å². The van der Waals surface area contributed by atoms with Crippen LogP contribution in [0.5, 0.6) is 5.75 Å². The van der Waals surface area contributed by atoms with Gasteiger partial charge >= 0.3 is 6.18 Å². The molecule has 0 atom stereocenters. The van der Waals surface area contributed by atoms with E-state index in [0.29, 0.717) is 24.6 Å². The number of pyridine rings is 1. The van der Waals surface area contributed by atoms with E-state index in [0.717, 1.165) is 21.8 Å². The minimum Gasteiger partial charge on any atom is -0.489 e. The van der Waals surface area contributed by atoms with Crippen LogP contribution >= 0.6 is 0 Å². The first kappa shape index (κ1) is 21.2. The Morgan fingerprint density at radius 1 is 0.967 bits per heavy atom. The number of amides is 1. The van der Waals surface area contributed by atoms with Crippen molar-refractivity contribution in [2.24, 2.45) is 0 Å². The third kappa shape index (κ3) is 5.97. The summed E-state index contributed by atoms with van der Waals surface area (Å²) in [7, 11) is 0. The van der Waals surface area contributed by atoms with Crippen LogP contribution in [0, 0.1) is 0 Å². The quantitative estimate of drug-likeness (QED) is 0.638. The van der Waals surface area contributed by atoms with Gasteiger partial charge in [0.15, 0.2) is 0 Å².